The minimum Gasteiger partial charge on any atom is -0.382 e. The van der Waals surface area contributed by atoms with Crippen LogP contribution in [0.15, 0.2) is 12.1 Å². The Bertz CT molecular complexity index is 522. The molecule has 1 aliphatic heterocycles. The molecular weight excluding hydrogens is 254 g/mol. The van der Waals surface area contributed by atoms with Crippen LogP contribution in [0.5, 0.6) is 0 Å². The molecule has 0 bridgehead atoms. The predicted octanol–water partition coefficient (Wildman–Crippen LogP) is 1.89. The van der Waals surface area contributed by atoms with Crippen LogP contribution in [0.3, 0.4) is 0 Å². The highest BCUT2D eigenvalue weighted by atomic mass is 16.5. The van der Waals surface area contributed by atoms with E-state index in [1.807, 2.05) is 32.9 Å². The Morgan fingerprint density at radius 1 is 1.55 bits per heavy atom. The van der Waals surface area contributed by atoms with E-state index >= 15 is 0 Å². The fourth-order valence-electron chi connectivity index (χ4n) is 2.60. The number of rotatable bonds is 3. The maximum Gasteiger partial charge on any atom is 0.146 e. The molecule has 1 aromatic heterocycles. The summed E-state index contributed by atoms with van der Waals surface area (Å²) < 4.78 is 11.2. The molecule has 0 radical (unpaired) electrons. The van der Waals surface area contributed by atoms with Crippen molar-refractivity contribution in [1.29, 1.82) is 5.26 Å². The van der Waals surface area contributed by atoms with Crippen LogP contribution < -0.4 is 4.90 Å². The highest BCUT2D eigenvalue weighted by Gasteiger charge is 2.34. The molecule has 0 amide bonds. The van der Waals surface area contributed by atoms with Gasteiger partial charge in [0.2, 0.25) is 0 Å². The van der Waals surface area contributed by atoms with E-state index in [1.54, 1.807) is 7.11 Å². The molecule has 0 aliphatic carbocycles. The normalized spacial score (nSPS) is 21.6. The second-order valence-electron chi connectivity index (χ2n) is 5.77. The number of morpholine rings is 1. The van der Waals surface area contributed by atoms with Crippen LogP contribution in [0.4, 0.5) is 5.82 Å². The molecule has 1 unspecified atom stereocenters. The van der Waals surface area contributed by atoms with Crippen molar-refractivity contribution < 1.29 is 9.47 Å². The highest BCUT2D eigenvalue weighted by molar-refractivity contribution is 5.55. The van der Waals surface area contributed by atoms with Gasteiger partial charge in [0.25, 0.3) is 0 Å². The number of nitriles is 1. The van der Waals surface area contributed by atoms with Crippen LogP contribution in [0.2, 0.25) is 0 Å². The Kier molecular flexibility index (Phi) is 4.26. The third kappa shape index (κ3) is 3.27. The van der Waals surface area contributed by atoms with Gasteiger partial charge in [-0.3, -0.25) is 0 Å². The molecular formula is C15H21N3O2. The molecule has 0 N–H and O–H groups in total. The minimum absolute atomic E-state index is 0.0161. The molecule has 2 heterocycles. The van der Waals surface area contributed by atoms with Crippen molar-refractivity contribution in [3.8, 4) is 6.07 Å². The summed E-state index contributed by atoms with van der Waals surface area (Å²) in [4.78, 5) is 6.66. The number of nitrogens with zero attached hydrogens (tertiary/aromatic N) is 3. The smallest absolute Gasteiger partial charge is 0.146 e. The van der Waals surface area contributed by atoms with Crippen LogP contribution in [0.25, 0.3) is 0 Å². The molecule has 1 atom stereocenters. The molecule has 0 spiro atoms. The van der Waals surface area contributed by atoms with Gasteiger partial charge in [-0.2, -0.15) is 5.26 Å². The number of hydrogen-bond acceptors (Lipinski definition) is 5. The number of ether oxygens (including phenoxy) is 2. The maximum atomic E-state index is 9.27. The highest BCUT2D eigenvalue weighted by Crippen LogP contribution is 2.27. The molecule has 108 valence electrons. The van der Waals surface area contributed by atoms with E-state index in [2.05, 4.69) is 16.0 Å². The molecule has 0 saturated carbocycles. The van der Waals surface area contributed by atoms with E-state index < -0.39 is 0 Å². The molecule has 1 saturated heterocycles. The summed E-state index contributed by atoms with van der Waals surface area (Å²) in [5, 5.41) is 9.27. The summed E-state index contributed by atoms with van der Waals surface area (Å²) in [5.74, 6) is 0.741. The lowest BCUT2D eigenvalue weighted by Gasteiger charge is -2.43. The summed E-state index contributed by atoms with van der Waals surface area (Å²) in [6.45, 7) is 7.95. The average Bonchev–Trinajstić information content (AvgIpc) is 2.37. The number of aryl methyl sites for hydroxylation is 1. The largest absolute Gasteiger partial charge is 0.382 e. The first-order valence-electron chi connectivity index (χ1n) is 6.74. The fourth-order valence-corrected chi connectivity index (χ4v) is 2.60. The second kappa shape index (κ2) is 5.78. The van der Waals surface area contributed by atoms with Gasteiger partial charge < -0.3 is 14.4 Å². The Labute approximate surface area is 120 Å². The Morgan fingerprint density at radius 2 is 2.30 bits per heavy atom. The van der Waals surface area contributed by atoms with Gasteiger partial charge in [0.15, 0.2) is 0 Å². The Morgan fingerprint density at radius 3 is 2.95 bits per heavy atom. The van der Waals surface area contributed by atoms with Crippen LogP contribution in [-0.4, -0.2) is 43.5 Å². The van der Waals surface area contributed by atoms with Gasteiger partial charge in [-0.25, -0.2) is 4.98 Å². The van der Waals surface area contributed by atoms with E-state index in [1.165, 1.54) is 0 Å². The second-order valence-corrected chi connectivity index (χ2v) is 5.77. The molecule has 0 aromatic carbocycles. The van der Waals surface area contributed by atoms with Crippen LogP contribution in [-0.2, 0) is 9.47 Å². The quantitative estimate of drug-likeness (QED) is 0.843. The van der Waals surface area contributed by atoms with Gasteiger partial charge in [0.1, 0.15) is 11.9 Å². The summed E-state index contributed by atoms with van der Waals surface area (Å²) >= 11 is 0. The van der Waals surface area contributed by atoms with Gasteiger partial charge in [-0.1, -0.05) is 0 Å². The lowest BCUT2D eigenvalue weighted by atomic mass is 10.0. The zero-order chi connectivity index (χ0) is 14.8. The van der Waals surface area contributed by atoms with E-state index in [0.717, 1.165) is 11.5 Å². The zero-order valence-corrected chi connectivity index (χ0v) is 12.5. The Balaban J connectivity index is 2.31. The summed E-state index contributed by atoms with van der Waals surface area (Å²) in [7, 11) is 1.67. The number of pyridine rings is 1. The first-order chi connectivity index (χ1) is 9.45. The molecule has 1 fully saturated rings. The summed E-state index contributed by atoms with van der Waals surface area (Å²) in [6.07, 6.45) is -0.0161. The molecule has 5 nitrogen and oxygen atoms in total. The van der Waals surface area contributed by atoms with E-state index in [-0.39, 0.29) is 11.7 Å². The standard InChI is InChI=1S/C15H21N3O2/c1-11-5-6-12(7-16)14(17-11)18-8-13(9-19-4)20-15(2,3)10-18/h5-6,13H,8-10H2,1-4H3. The zero-order valence-electron chi connectivity index (χ0n) is 12.5. The van der Waals surface area contributed by atoms with E-state index in [9.17, 15) is 5.26 Å². The predicted molar refractivity (Wildman–Crippen MR) is 76.7 cm³/mol. The van der Waals surface area contributed by atoms with Crippen molar-refractivity contribution in [2.24, 2.45) is 0 Å². The maximum absolute atomic E-state index is 9.27. The molecule has 2 rings (SSSR count). The van der Waals surface area contributed by atoms with Crippen molar-refractivity contribution in [2.45, 2.75) is 32.5 Å². The van der Waals surface area contributed by atoms with Gasteiger partial charge in [-0.15, -0.1) is 0 Å². The number of anilines is 1. The lowest BCUT2D eigenvalue weighted by Crippen LogP contribution is -2.54. The lowest BCUT2D eigenvalue weighted by molar-refractivity contribution is -0.106. The number of hydrogen-bond donors (Lipinski definition) is 0. The Hall–Kier alpha value is -1.64. The number of aromatic nitrogens is 1. The number of methoxy groups -OCH3 is 1. The topological polar surface area (TPSA) is 58.4 Å². The van der Waals surface area contributed by atoms with Crippen molar-refractivity contribution >= 4 is 5.82 Å². The summed E-state index contributed by atoms with van der Waals surface area (Å²) in [6, 6.07) is 5.90. The minimum atomic E-state index is -0.292. The molecule has 1 aliphatic rings. The molecule has 20 heavy (non-hydrogen) atoms. The van der Waals surface area contributed by atoms with Crippen molar-refractivity contribution in [3.05, 3.63) is 23.4 Å². The van der Waals surface area contributed by atoms with Crippen LogP contribution in [0, 0.1) is 18.3 Å². The monoisotopic (exact) mass is 275 g/mol. The van der Waals surface area contributed by atoms with Crippen LogP contribution in [0.1, 0.15) is 25.1 Å². The fraction of sp³-hybridized carbons (Fsp3) is 0.600. The van der Waals surface area contributed by atoms with Crippen molar-refractivity contribution in [1.82, 2.24) is 4.98 Å². The van der Waals surface area contributed by atoms with Gasteiger partial charge in [0, 0.05) is 25.9 Å². The summed E-state index contributed by atoms with van der Waals surface area (Å²) in [5.41, 5.74) is 1.22. The van der Waals surface area contributed by atoms with Crippen molar-refractivity contribution in [3.63, 3.8) is 0 Å². The van der Waals surface area contributed by atoms with Crippen molar-refractivity contribution in [2.75, 3.05) is 31.7 Å². The van der Waals surface area contributed by atoms with Gasteiger partial charge >= 0.3 is 0 Å². The van der Waals surface area contributed by atoms with E-state index in [0.29, 0.717) is 25.3 Å². The molecule has 1 aromatic rings. The van der Waals surface area contributed by atoms with E-state index in [4.69, 9.17) is 9.47 Å². The SMILES string of the molecule is COCC1CN(c2nc(C)ccc2C#N)CC(C)(C)O1. The van der Waals surface area contributed by atoms with Crippen LogP contribution >= 0.6 is 0 Å². The first kappa shape index (κ1) is 14.8. The third-order valence-electron chi connectivity index (χ3n) is 3.27. The first-order valence-corrected chi connectivity index (χ1v) is 6.74. The van der Waals surface area contributed by atoms with Gasteiger partial charge in [0.05, 0.1) is 23.9 Å². The molecule has 5 heteroatoms. The average molecular weight is 275 g/mol. The third-order valence-corrected chi connectivity index (χ3v) is 3.27. The van der Waals surface area contributed by atoms with Gasteiger partial charge in [-0.05, 0) is 32.9 Å².